The van der Waals surface area contributed by atoms with Crippen molar-refractivity contribution in [2.75, 3.05) is 18.4 Å². The second-order valence-corrected chi connectivity index (χ2v) is 9.71. The maximum atomic E-state index is 13.0. The molecule has 6 nitrogen and oxygen atoms in total. The van der Waals surface area contributed by atoms with E-state index >= 15 is 0 Å². The number of likely N-dealkylation sites (tertiary alicyclic amines) is 1. The fraction of sp³-hybridized carbons (Fsp3) is 0.400. The van der Waals surface area contributed by atoms with Crippen LogP contribution in [0.4, 0.5) is 5.69 Å². The van der Waals surface area contributed by atoms with Crippen LogP contribution < -0.4 is 5.32 Å². The zero-order valence-electron chi connectivity index (χ0n) is 19.1. The molecule has 174 valence electrons. The van der Waals surface area contributed by atoms with Crippen LogP contribution in [-0.2, 0) is 11.3 Å². The van der Waals surface area contributed by atoms with Crippen LogP contribution in [0.3, 0.4) is 0 Å². The van der Waals surface area contributed by atoms with Gasteiger partial charge in [-0.2, -0.15) is 4.98 Å². The summed E-state index contributed by atoms with van der Waals surface area (Å²) in [6.07, 6.45) is 1.58. The van der Waals surface area contributed by atoms with Gasteiger partial charge in [-0.05, 0) is 68.1 Å². The Hall–Kier alpha value is -2.41. The molecular weight excluding hydrogens is 459 g/mol. The monoisotopic (exact) mass is 486 g/mol. The first-order valence-electron chi connectivity index (χ1n) is 11.2. The number of nitrogens with zero attached hydrogens (tertiary/aromatic N) is 3. The number of hydrogen-bond donors (Lipinski definition) is 1. The number of carbonyl (C=O) groups is 1. The summed E-state index contributed by atoms with van der Waals surface area (Å²) in [6.45, 7) is 8.46. The Balaban J connectivity index is 1.34. The molecule has 3 aromatic rings. The van der Waals surface area contributed by atoms with Crippen LogP contribution in [0.2, 0.25) is 10.0 Å². The largest absolute Gasteiger partial charge is 0.338 e. The van der Waals surface area contributed by atoms with E-state index in [0.29, 0.717) is 39.8 Å². The number of rotatable bonds is 6. The van der Waals surface area contributed by atoms with Crippen molar-refractivity contribution in [3.8, 4) is 11.4 Å². The van der Waals surface area contributed by atoms with Crippen LogP contribution in [-0.4, -0.2) is 34.0 Å². The minimum Gasteiger partial charge on any atom is -0.338 e. The summed E-state index contributed by atoms with van der Waals surface area (Å²) in [5, 5.41) is 8.30. The van der Waals surface area contributed by atoms with E-state index < -0.39 is 0 Å². The number of benzene rings is 2. The molecule has 4 rings (SSSR count). The SMILES string of the molecule is Cc1cccc(C(C)C)c1NC(=O)C1CCN(Cc2nc(-c3ccc(Cl)cc3Cl)no2)CC1. The van der Waals surface area contributed by atoms with Crippen molar-refractivity contribution in [2.24, 2.45) is 5.92 Å². The number of anilines is 1. The number of para-hydroxylation sites is 1. The van der Waals surface area contributed by atoms with Gasteiger partial charge in [-0.3, -0.25) is 9.69 Å². The minimum atomic E-state index is -0.00742. The topological polar surface area (TPSA) is 71.3 Å². The Morgan fingerprint density at radius 2 is 1.97 bits per heavy atom. The molecule has 1 fully saturated rings. The average Bonchev–Trinajstić information content (AvgIpc) is 3.23. The van der Waals surface area contributed by atoms with Gasteiger partial charge in [0, 0.05) is 22.2 Å². The molecular formula is C25H28Cl2N4O2. The molecule has 0 radical (unpaired) electrons. The minimum absolute atomic E-state index is 0.00742. The third-order valence-electron chi connectivity index (χ3n) is 6.13. The number of carbonyl (C=O) groups excluding carboxylic acids is 1. The molecule has 1 N–H and O–H groups in total. The van der Waals surface area contributed by atoms with E-state index in [2.05, 4.69) is 40.3 Å². The van der Waals surface area contributed by atoms with Crippen molar-refractivity contribution in [1.29, 1.82) is 0 Å². The molecule has 2 aromatic carbocycles. The lowest BCUT2D eigenvalue weighted by Crippen LogP contribution is -2.38. The quantitative estimate of drug-likeness (QED) is 0.440. The highest BCUT2D eigenvalue weighted by molar-refractivity contribution is 6.36. The predicted octanol–water partition coefficient (Wildman–Crippen LogP) is 6.33. The Morgan fingerprint density at radius 3 is 2.67 bits per heavy atom. The maximum absolute atomic E-state index is 13.0. The van der Waals surface area contributed by atoms with Gasteiger partial charge in [0.05, 0.1) is 11.6 Å². The molecule has 2 heterocycles. The number of piperidine rings is 1. The molecule has 0 spiro atoms. The normalized spacial score (nSPS) is 15.2. The van der Waals surface area contributed by atoms with Crippen molar-refractivity contribution in [3.05, 3.63) is 63.5 Å². The number of hydrogen-bond acceptors (Lipinski definition) is 5. The molecule has 1 aliphatic heterocycles. The van der Waals surface area contributed by atoms with Crippen molar-refractivity contribution in [1.82, 2.24) is 15.0 Å². The summed E-state index contributed by atoms with van der Waals surface area (Å²) in [6, 6.07) is 11.4. The van der Waals surface area contributed by atoms with E-state index in [0.717, 1.165) is 37.2 Å². The summed E-state index contributed by atoms with van der Waals surface area (Å²) in [5.74, 6) is 1.42. The van der Waals surface area contributed by atoms with Gasteiger partial charge in [0.1, 0.15) is 0 Å². The highest BCUT2D eigenvalue weighted by atomic mass is 35.5. The van der Waals surface area contributed by atoms with E-state index in [-0.39, 0.29) is 11.8 Å². The lowest BCUT2D eigenvalue weighted by Gasteiger charge is -2.30. The molecule has 1 amide bonds. The van der Waals surface area contributed by atoms with Gasteiger partial charge in [-0.15, -0.1) is 0 Å². The molecule has 0 bridgehead atoms. The number of halogens is 2. The Labute approximate surface area is 204 Å². The van der Waals surface area contributed by atoms with Gasteiger partial charge in [-0.25, -0.2) is 0 Å². The molecule has 1 aromatic heterocycles. The van der Waals surface area contributed by atoms with E-state index in [1.54, 1.807) is 18.2 Å². The maximum Gasteiger partial charge on any atom is 0.241 e. The first-order chi connectivity index (χ1) is 15.8. The van der Waals surface area contributed by atoms with Crippen LogP contribution in [0.5, 0.6) is 0 Å². The fourth-order valence-corrected chi connectivity index (χ4v) is 4.70. The van der Waals surface area contributed by atoms with Crippen LogP contribution in [0, 0.1) is 12.8 Å². The summed E-state index contributed by atoms with van der Waals surface area (Å²) in [7, 11) is 0. The molecule has 0 saturated carbocycles. The first-order valence-corrected chi connectivity index (χ1v) is 12.0. The number of amides is 1. The van der Waals surface area contributed by atoms with Gasteiger partial charge in [0.2, 0.25) is 17.6 Å². The van der Waals surface area contributed by atoms with Crippen LogP contribution in [0.15, 0.2) is 40.9 Å². The summed E-state index contributed by atoms with van der Waals surface area (Å²) < 4.78 is 5.44. The van der Waals surface area contributed by atoms with Crippen molar-refractivity contribution in [3.63, 3.8) is 0 Å². The van der Waals surface area contributed by atoms with Crippen LogP contribution in [0.25, 0.3) is 11.4 Å². The van der Waals surface area contributed by atoms with Gasteiger partial charge >= 0.3 is 0 Å². The molecule has 0 aliphatic carbocycles. The third kappa shape index (κ3) is 5.57. The molecule has 8 heteroatoms. The van der Waals surface area contributed by atoms with Gasteiger partial charge in [0.15, 0.2) is 0 Å². The summed E-state index contributed by atoms with van der Waals surface area (Å²) >= 11 is 12.2. The molecule has 1 saturated heterocycles. The Morgan fingerprint density at radius 1 is 1.21 bits per heavy atom. The lowest BCUT2D eigenvalue weighted by molar-refractivity contribution is -0.121. The van der Waals surface area contributed by atoms with Crippen molar-refractivity contribution in [2.45, 2.75) is 46.1 Å². The molecule has 33 heavy (non-hydrogen) atoms. The lowest BCUT2D eigenvalue weighted by atomic mass is 9.94. The second-order valence-electron chi connectivity index (χ2n) is 8.87. The van der Waals surface area contributed by atoms with Crippen molar-refractivity contribution < 1.29 is 9.32 Å². The number of aromatic nitrogens is 2. The zero-order valence-corrected chi connectivity index (χ0v) is 20.6. The van der Waals surface area contributed by atoms with Crippen molar-refractivity contribution >= 4 is 34.8 Å². The predicted molar refractivity (Wildman–Crippen MR) is 132 cm³/mol. The Bertz CT molecular complexity index is 1140. The Kier molecular flexibility index (Phi) is 7.37. The van der Waals surface area contributed by atoms with E-state index in [4.69, 9.17) is 27.7 Å². The summed E-state index contributed by atoms with van der Waals surface area (Å²) in [5.41, 5.74) is 3.91. The number of nitrogens with one attached hydrogen (secondary N) is 1. The third-order valence-corrected chi connectivity index (χ3v) is 6.68. The highest BCUT2D eigenvalue weighted by Gasteiger charge is 2.27. The molecule has 0 atom stereocenters. The van der Waals surface area contributed by atoms with Gasteiger partial charge < -0.3 is 9.84 Å². The van der Waals surface area contributed by atoms with E-state index in [1.807, 2.05) is 19.1 Å². The second kappa shape index (κ2) is 10.2. The molecule has 0 unspecified atom stereocenters. The van der Waals surface area contributed by atoms with E-state index in [1.165, 1.54) is 5.56 Å². The molecule has 1 aliphatic rings. The summed E-state index contributed by atoms with van der Waals surface area (Å²) in [4.78, 5) is 19.7. The smallest absolute Gasteiger partial charge is 0.241 e. The van der Waals surface area contributed by atoms with Crippen LogP contribution in [0.1, 0.15) is 49.6 Å². The highest BCUT2D eigenvalue weighted by Crippen LogP contribution is 2.30. The average molecular weight is 487 g/mol. The standard InChI is InChI=1S/C25H28Cl2N4O2/c1-15(2)19-6-4-5-16(3)23(19)29-25(32)17-9-11-31(12-10-17)14-22-28-24(30-33-22)20-8-7-18(26)13-21(20)27/h4-8,13,15,17H,9-12,14H2,1-3H3,(H,29,32). The number of aryl methyl sites for hydroxylation is 1. The zero-order chi connectivity index (χ0) is 23.5. The van der Waals surface area contributed by atoms with E-state index in [9.17, 15) is 4.79 Å². The first kappa shape index (κ1) is 23.7. The fourth-order valence-electron chi connectivity index (χ4n) is 4.21. The van der Waals surface area contributed by atoms with Gasteiger partial charge in [-0.1, -0.05) is 60.4 Å². The van der Waals surface area contributed by atoms with Gasteiger partial charge in [0.25, 0.3) is 0 Å². The van der Waals surface area contributed by atoms with Crippen LogP contribution >= 0.6 is 23.2 Å².